The van der Waals surface area contributed by atoms with E-state index >= 15 is 0 Å². The van der Waals surface area contributed by atoms with Gasteiger partial charge in [0.25, 0.3) is 5.91 Å². The molecule has 5 nitrogen and oxygen atoms in total. The first kappa shape index (κ1) is 20.8. The Morgan fingerprint density at radius 2 is 1.93 bits per heavy atom. The number of aryl methyl sites for hydroxylation is 1. The summed E-state index contributed by atoms with van der Waals surface area (Å²) < 4.78 is 0.820. The van der Waals surface area contributed by atoms with Crippen molar-refractivity contribution in [2.24, 2.45) is 0 Å². The van der Waals surface area contributed by atoms with Crippen LogP contribution in [-0.2, 0) is 11.2 Å². The smallest absolute Gasteiger partial charge is 0.259 e. The van der Waals surface area contributed by atoms with Gasteiger partial charge < -0.3 is 5.32 Å². The van der Waals surface area contributed by atoms with Crippen molar-refractivity contribution >= 4 is 62.8 Å². The normalized spacial score (nSPS) is 10.7. The maximum atomic E-state index is 12.3. The van der Waals surface area contributed by atoms with Crippen molar-refractivity contribution < 1.29 is 9.59 Å². The molecule has 3 aromatic rings. The number of hydrogen-bond donors (Lipinski definition) is 2. The standard InChI is InChI=1S/C19H17Cl2N3O2S2/c1-11(25)22-8-2-3-12-4-6-13(7-5-12)15-10-27-19(23-15)24-18(26)14-9-16(20)28-17(14)21/h4-7,9-10H,2-3,8H2,1H3,(H,22,25)(H,23,24,26). The van der Waals surface area contributed by atoms with E-state index in [0.29, 0.717) is 25.9 Å². The fourth-order valence-electron chi connectivity index (χ4n) is 2.52. The monoisotopic (exact) mass is 453 g/mol. The van der Waals surface area contributed by atoms with Crippen LogP contribution in [0.1, 0.15) is 29.3 Å². The number of rotatable bonds is 7. The highest BCUT2D eigenvalue weighted by molar-refractivity contribution is 7.20. The van der Waals surface area contributed by atoms with Crippen LogP contribution in [0.25, 0.3) is 11.3 Å². The second-order valence-electron chi connectivity index (χ2n) is 6.01. The van der Waals surface area contributed by atoms with Gasteiger partial charge in [-0.05, 0) is 24.5 Å². The molecule has 2 N–H and O–H groups in total. The van der Waals surface area contributed by atoms with E-state index in [0.717, 1.165) is 35.4 Å². The number of aromatic nitrogens is 1. The number of amides is 2. The van der Waals surface area contributed by atoms with Gasteiger partial charge in [-0.2, -0.15) is 0 Å². The number of thiophene rings is 1. The molecule has 1 aromatic carbocycles. The predicted molar refractivity (Wildman–Crippen MR) is 117 cm³/mol. The molecule has 0 saturated carbocycles. The lowest BCUT2D eigenvalue weighted by Crippen LogP contribution is -2.21. The summed E-state index contributed by atoms with van der Waals surface area (Å²) in [5.74, 6) is -0.338. The average Bonchev–Trinajstić information content (AvgIpc) is 3.25. The molecule has 0 atom stereocenters. The summed E-state index contributed by atoms with van der Waals surface area (Å²) in [6, 6.07) is 9.65. The third-order valence-corrected chi connectivity index (χ3v) is 6.14. The summed E-state index contributed by atoms with van der Waals surface area (Å²) in [6.07, 6.45) is 1.78. The van der Waals surface area contributed by atoms with Crippen LogP contribution in [0.15, 0.2) is 35.7 Å². The van der Waals surface area contributed by atoms with E-state index < -0.39 is 0 Å². The SMILES string of the molecule is CC(=O)NCCCc1ccc(-c2csc(NC(=O)c3cc(Cl)sc3Cl)n2)cc1. The van der Waals surface area contributed by atoms with Crippen LogP contribution in [0.3, 0.4) is 0 Å². The van der Waals surface area contributed by atoms with Gasteiger partial charge >= 0.3 is 0 Å². The first-order valence-corrected chi connectivity index (χ1v) is 10.9. The van der Waals surface area contributed by atoms with Gasteiger partial charge in [-0.25, -0.2) is 4.98 Å². The second-order valence-corrected chi connectivity index (χ2v) is 9.16. The lowest BCUT2D eigenvalue weighted by Gasteiger charge is -2.04. The number of halogens is 2. The number of carbonyl (C=O) groups is 2. The predicted octanol–water partition coefficient (Wildman–Crippen LogP) is 5.50. The number of nitrogens with zero attached hydrogens (tertiary/aromatic N) is 1. The minimum Gasteiger partial charge on any atom is -0.356 e. The van der Waals surface area contributed by atoms with E-state index in [9.17, 15) is 9.59 Å². The molecule has 0 fully saturated rings. The zero-order chi connectivity index (χ0) is 20.1. The molecule has 0 bridgehead atoms. The Balaban J connectivity index is 1.59. The van der Waals surface area contributed by atoms with Gasteiger partial charge in [-0.1, -0.05) is 47.5 Å². The highest BCUT2D eigenvalue weighted by Crippen LogP contribution is 2.32. The third kappa shape index (κ3) is 5.54. The van der Waals surface area contributed by atoms with E-state index in [1.54, 1.807) is 6.07 Å². The number of nitrogens with one attached hydrogen (secondary N) is 2. The molecule has 0 aliphatic carbocycles. The molecule has 0 saturated heterocycles. The van der Waals surface area contributed by atoms with Crippen LogP contribution in [0.4, 0.5) is 5.13 Å². The summed E-state index contributed by atoms with van der Waals surface area (Å²) in [6.45, 7) is 2.19. The molecule has 0 aliphatic heterocycles. The minimum absolute atomic E-state index is 0.00820. The second kappa shape index (κ2) is 9.52. The van der Waals surface area contributed by atoms with Crippen LogP contribution in [0.2, 0.25) is 8.67 Å². The minimum atomic E-state index is -0.330. The summed E-state index contributed by atoms with van der Waals surface area (Å²) in [5.41, 5.74) is 3.30. The van der Waals surface area contributed by atoms with Crippen LogP contribution < -0.4 is 10.6 Å². The fourth-order valence-corrected chi connectivity index (χ4v) is 4.70. The molecule has 3 rings (SSSR count). The highest BCUT2D eigenvalue weighted by atomic mass is 35.5. The van der Waals surface area contributed by atoms with Gasteiger partial charge in [0.05, 0.1) is 15.6 Å². The van der Waals surface area contributed by atoms with Crippen molar-refractivity contribution in [3.63, 3.8) is 0 Å². The number of carbonyl (C=O) groups excluding carboxylic acids is 2. The van der Waals surface area contributed by atoms with Gasteiger partial charge in [0.1, 0.15) is 4.34 Å². The van der Waals surface area contributed by atoms with Crippen LogP contribution >= 0.6 is 45.9 Å². The molecule has 9 heteroatoms. The summed E-state index contributed by atoms with van der Waals surface area (Å²) in [5, 5.41) is 7.94. The Labute approximate surface area is 180 Å². The Hall–Kier alpha value is -1.93. The molecule has 0 unspecified atom stereocenters. The maximum Gasteiger partial charge on any atom is 0.259 e. The van der Waals surface area contributed by atoms with Crippen LogP contribution in [-0.4, -0.2) is 23.3 Å². The zero-order valence-electron chi connectivity index (χ0n) is 14.9. The summed E-state index contributed by atoms with van der Waals surface area (Å²) in [7, 11) is 0. The van der Waals surface area contributed by atoms with E-state index in [2.05, 4.69) is 15.6 Å². The molecule has 0 spiro atoms. The molecule has 2 heterocycles. The molecule has 0 radical (unpaired) electrons. The van der Waals surface area contributed by atoms with Crippen molar-refractivity contribution in [3.05, 3.63) is 55.5 Å². The molecule has 2 amide bonds. The maximum absolute atomic E-state index is 12.3. The number of anilines is 1. The van der Waals surface area contributed by atoms with Crippen molar-refractivity contribution in [1.82, 2.24) is 10.3 Å². The Morgan fingerprint density at radius 3 is 2.57 bits per heavy atom. The molecule has 0 aliphatic rings. The molecular weight excluding hydrogens is 437 g/mol. The largest absolute Gasteiger partial charge is 0.356 e. The quantitative estimate of drug-likeness (QED) is 0.463. The van der Waals surface area contributed by atoms with Gasteiger partial charge in [0, 0.05) is 24.4 Å². The zero-order valence-corrected chi connectivity index (χ0v) is 18.1. The summed E-state index contributed by atoms with van der Waals surface area (Å²) >= 11 is 14.4. The van der Waals surface area contributed by atoms with E-state index in [1.165, 1.54) is 23.8 Å². The van der Waals surface area contributed by atoms with E-state index in [4.69, 9.17) is 23.2 Å². The third-order valence-electron chi connectivity index (χ3n) is 3.89. The van der Waals surface area contributed by atoms with Crippen molar-refractivity contribution in [2.75, 3.05) is 11.9 Å². The Bertz CT molecular complexity index is 983. The van der Waals surface area contributed by atoms with E-state index in [-0.39, 0.29) is 11.8 Å². The van der Waals surface area contributed by atoms with Gasteiger partial charge in [0.2, 0.25) is 5.91 Å². The summed E-state index contributed by atoms with van der Waals surface area (Å²) in [4.78, 5) is 27.6. The Kier molecular flexibility index (Phi) is 7.07. The van der Waals surface area contributed by atoms with Crippen LogP contribution in [0, 0.1) is 0 Å². The van der Waals surface area contributed by atoms with Crippen molar-refractivity contribution in [3.8, 4) is 11.3 Å². The molecule has 28 heavy (non-hydrogen) atoms. The lowest BCUT2D eigenvalue weighted by molar-refractivity contribution is -0.118. The van der Waals surface area contributed by atoms with Gasteiger partial charge in [-0.15, -0.1) is 22.7 Å². The first-order chi connectivity index (χ1) is 13.4. The highest BCUT2D eigenvalue weighted by Gasteiger charge is 2.16. The topological polar surface area (TPSA) is 71.1 Å². The average molecular weight is 454 g/mol. The lowest BCUT2D eigenvalue weighted by atomic mass is 10.1. The molecular formula is C19H17Cl2N3O2S2. The fraction of sp³-hybridized carbons (Fsp3) is 0.211. The molecule has 2 aromatic heterocycles. The number of thiazole rings is 1. The van der Waals surface area contributed by atoms with Gasteiger partial charge in [0.15, 0.2) is 5.13 Å². The Morgan fingerprint density at radius 1 is 1.18 bits per heavy atom. The van der Waals surface area contributed by atoms with Crippen LogP contribution in [0.5, 0.6) is 0 Å². The molecule has 146 valence electrons. The number of hydrogen-bond acceptors (Lipinski definition) is 5. The number of benzene rings is 1. The van der Waals surface area contributed by atoms with Crippen molar-refractivity contribution in [1.29, 1.82) is 0 Å². The van der Waals surface area contributed by atoms with Gasteiger partial charge in [-0.3, -0.25) is 14.9 Å². The van der Waals surface area contributed by atoms with E-state index in [1.807, 2.05) is 29.6 Å². The van der Waals surface area contributed by atoms with Crippen molar-refractivity contribution in [2.45, 2.75) is 19.8 Å². The first-order valence-electron chi connectivity index (χ1n) is 8.48.